The Kier molecular flexibility index (Phi) is 4.27. The molecule has 4 rings (SSSR count). The van der Waals surface area contributed by atoms with Crippen molar-refractivity contribution in [3.8, 4) is 17.9 Å². The van der Waals surface area contributed by atoms with E-state index < -0.39 is 23.3 Å². The van der Waals surface area contributed by atoms with E-state index in [0.29, 0.717) is 6.92 Å². The molecule has 1 atom stereocenters. The SMILES string of the molecule is CC(F)(F)[C@@]1(C#CC2CC2)NC(=O)Nc2cc(Cn3ccc(C#N)n3)c(F)cc21. The lowest BCUT2D eigenvalue weighted by molar-refractivity contribution is -0.0465. The van der Waals surface area contributed by atoms with Crippen LogP contribution in [0.15, 0.2) is 24.4 Å². The number of nitriles is 1. The Bertz CT molecular complexity index is 1100. The molecule has 6 nitrogen and oxygen atoms in total. The van der Waals surface area contributed by atoms with Crippen molar-refractivity contribution in [2.24, 2.45) is 5.92 Å². The van der Waals surface area contributed by atoms with Gasteiger partial charge in [0.25, 0.3) is 5.92 Å². The highest BCUT2D eigenvalue weighted by atomic mass is 19.3. The molecule has 0 radical (unpaired) electrons. The first-order valence-corrected chi connectivity index (χ1v) is 8.98. The second-order valence-electron chi connectivity index (χ2n) is 7.26. The van der Waals surface area contributed by atoms with Gasteiger partial charge in [-0.05, 0) is 31.0 Å². The molecular formula is C20H16F3N5O. The third kappa shape index (κ3) is 3.40. The number of carbonyl (C=O) groups is 1. The fourth-order valence-corrected chi connectivity index (χ4v) is 3.22. The Hall–Kier alpha value is -3.46. The summed E-state index contributed by atoms with van der Waals surface area (Å²) in [5.74, 6) is 1.14. The van der Waals surface area contributed by atoms with Gasteiger partial charge in [-0.15, -0.1) is 0 Å². The zero-order chi connectivity index (χ0) is 20.8. The molecule has 29 heavy (non-hydrogen) atoms. The second kappa shape index (κ2) is 6.56. The zero-order valence-electron chi connectivity index (χ0n) is 15.4. The van der Waals surface area contributed by atoms with Gasteiger partial charge in [-0.2, -0.15) is 10.4 Å². The number of hydrogen-bond donors (Lipinski definition) is 2. The molecule has 2 aromatic rings. The number of benzene rings is 1. The summed E-state index contributed by atoms with van der Waals surface area (Å²) in [5, 5.41) is 17.5. The maximum atomic E-state index is 14.9. The summed E-state index contributed by atoms with van der Waals surface area (Å²) in [6.45, 7) is 0.621. The molecule has 0 bridgehead atoms. The minimum absolute atomic E-state index is 0.0164. The Morgan fingerprint density at radius 3 is 2.79 bits per heavy atom. The molecule has 2 N–H and O–H groups in total. The van der Waals surface area contributed by atoms with E-state index in [1.807, 2.05) is 6.07 Å². The molecule has 0 saturated heterocycles. The lowest BCUT2D eigenvalue weighted by Gasteiger charge is -2.40. The zero-order valence-corrected chi connectivity index (χ0v) is 15.4. The number of nitrogens with zero attached hydrogens (tertiary/aromatic N) is 3. The number of carbonyl (C=O) groups excluding carboxylic acids is 1. The molecule has 2 aliphatic rings. The molecule has 2 heterocycles. The van der Waals surface area contributed by atoms with E-state index >= 15 is 0 Å². The highest BCUT2D eigenvalue weighted by Crippen LogP contribution is 2.44. The Balaban J connectivity index is 1.80. The number of aromatic nitrogens is 2. The second-order valence-corrected chi connectivity index (χ2v) is 7.26. The average molecular weight is 399 g/mol. The van der Waals surface area contributed by atoms with Gasteiger partial charge in [0.2, 0.25) is 0 Å². The highest BCUT2D eigenvalue weighted by molar-refractivity contribution is 5.95. The molecule has 1 aliphatic carbocycles. The number of amides is 2. The summed E-state index contributed by atoms with van der Waals surface area (Å²) in [4.78, 5) is 12.2. The van der Waals surface area contributed by atoms with Gasteiger partial charge in [-0.1, -0.05) is 11.8 Å². The number of urea groups is 1. The van der Waals surface area contributed by atoms with Crippen molar-refractivity contribution < 1.29 is 18.0 Å². The molecule has 1 aromatic carbocycles. The number of rotatable bonds is 3. The van der Waals surface area contributed by atoms with Crippen LogP contribution in [0.25, 0.3) is 0 Å². The van der Waals surface area contributed by atoms with Crippen LogP contribution in [0.3, 0.4) is 0 Å². The number of alkyl halides is 2. The van der Waals surface area contributed by atoms with Gasteiger partial charge in [-0.25, -0.2) is 18.0 Å². The first-order chi connectivity index (χ1) is 13.7. The van der Waals surface area contributed by atoms with Crippen molar-refractivity contribution in [2.75, 3.05) is 5.32 Å². The van der Waals surface area contributed by atoms with E-state index in [9.17, 15) is 18.0 Å². The molecule has 1 saturated carbocycles. The van der Waals surface area contributed by atoms with E-state index in [2.05, 4.69) is 27.6 Å². The van der Waals surface area contributed by atoms with Crippen molar-refractivity contribution in [3.63, 3.8) is 0 Å². The van der Waals surface area contributed by atoms with E-state index in [0.717, 1.165) is 18.9 Å². The number of halogens is 3. The Morgan fingerprint density at radius 2 is 2.17 bits per heavy atom. The molecule has 2 amide bonds. The molecule has 1 aromatic heterocycles. The van der Waals surface area contributed by atoms with Gasteiger partial charge in [-0.3, -0.25) is 4.68 Å². The summed E-state index contributed by atoms with van der Waals surface area (Å²) in [7, 11) is 0. The van der Waals surface area contributed by atoms with Crippen LogP contribution in [-0.4, -0.2) is 21.7 Å². The fourth-order valence-electron chi connectivity index (χ4n) is 3.22. The maximum absolute atomic E-state index is 14.9. The molecule has 1 fully saturated rings. The summed E-state index contributed by atoms with van der Waals surface area (Å²) in [6.07, 6.45) is 3.14. The van der Waals surface area contributed by atoms with E-state index in [1.54, 1.807) is 0 Å². The lowest BCUT2D eigenvalue weighted by Crippen LogP contribution is -2.59. The largest absolute Gasteiger partial charge is 0.320 e. The number of fused-ring (bicyclic) bond motifs is 1. The minimum atomic E-state index is -3.46. The molecule has 1 aliphatic heterocycles. The number of hydrogen-bond acceptors (Lipinski definition) is 3. The molecule has 9 heteroatoms. The van der Waals surface area contributed by atoms with Gasteiger partial charge in [0, 0.05) is 35.9 Å². The molecule has 148 valence electrons. The minimum Gasteiger partial charge on any atom is -0.312 e. The predicted molar refractivity (Wildman–Crippen MR) is 97.4 cm³/mol. The standard InChI is InChI=1S/C20H16F3N5O/c1-19(22,23)20(6-4-12-2-3-12)15-9-16(21)13(8-17(15)25-18(29)26-20)11-28-7-5-14(10-24)27-28/h5,7-9,12H,2-3,11H2,1H3,(H2,25,26,29)/t20-/m0/s1. The Labute approximate surface area is 164 Å². The number of nitrogens with one attached hydrogen (secondary N) is 2. The van der Waals surface area contributed by atoms with Gasteiger partial charge >= 0.3 is 6.03 Å². The molecule has 0 unspecified atom stereocenters. The van der Waals surface area contributed by atoms with Crippen LogP contribution in [-0.2, 0) is 12.1 Å². The fraction of sp³-hybridized carbons (Fsp3) is 0.350. The molecular weight excluding hydrogens is 383 g/mol. The summed E-state index contributed by atoms with van der Waals surface area (Å²) in [6, 6.07) is 4.78. The van der Waals surface area contributed by atoms with Crippen molar-refractivity contribution in [1.82, 2.24) is 15.1 Å². The maximum Gasteiger partial charge on any atom is 0.320 e. The van der Waals surface area contributed by atoms with Crippen LogP contribution in [0.1, 0.15) is 36.6 Å². The van der Waals surface area contributed by atoms with Crippen molar-refractivity contribution in [3.05, 3.63) is 47.0 Å². The van der Waals surface area contributed by atoms with Crippen LogP contribution >= 0.6 is 0 Å². The smallest absolute Gasteiger partial charge is 0.312 e. The van der Waals surface area contributed by atoms with Crippen molar-refractivity contribution >= 4 is 11.7 Å². The average Bonchev–Trinajstić information content (AvgIpc) is 3.37. The quantitative estimate of drug-likeness (QED) is 0.777. The predicted octanol–water partition coefficient (Wildman–Crippen LogP) is 3.34. The van der Waals surface area contributed by atoms with Gasteiger partial charge in [0.1, 0.15) is 11.9 Å². The van der Waals surface area contributed by atoms with Crippen LogP contribution in [0.4, 0.5) is 23.7 Å². The first kappa shape index (κ1) is 18.9. The Morgan fingerprint density at radius 1 is 1.41 bits per heavy atom. The summed E-state index contributed by atoms with van der Waals surface area (Å²) < 4.78 is 45.6. The van der Waals surface area contributed by atoms with E-state index in [1.165, 1.54) is 23.0 Å². The van der Waals surface area contributed by atoms with E-state index in [4.69, 9.17) is 5.26 Å². The first-order valence-electron chi connectivity index (χ1n) is 8.98. The highest BCUT2D eigenvalue weighted by Gasteiger charge is 2.55. The van der Waals surface area contributed by atoms with Crippen LogP contribution < -0.4 is 10.6 Å². The summed E-state index contributed by atoms with van der Waals surface area (Å²) in [5.41, 5.74) is -2.10. The monoisotopic (exact) mass is 399 g/mol. The lowest BCUT2D eigenvalue weighted by atomic mass is 9.81. The van der Waals surface area contributed by atoms with Gasteiger partial charge in [0.05, 0.1) is 6.54 Å². The van der Waals surface area contributed by atoms with Gasteiger partial charge < -0.3 is 10.6 Å². The third-order valence-corrected chi connectivity index (χ3v) is 4.93. The van der Waals surface area contributed by atoms with Crippen LogP contribution in [0, 0.1) is 34.9 Å². The van der Waals surface area contributed by atoms with E-state index in [-0.39, 0.29) is 35.0 Å². The van der Waals surface area contributed by atoms with Crippen LogP contribution in [0.2, 0.25) is 0 Å². The van der Waals surface area contributed by atoms with Crippen molar-refractivity contribution in [2.45, 2.75) is 37.8 Å². The number of anilines is 1. The molecule has 0 spiro atoms. The van der Waals surface area contributed by atoms with Crippen molar-refractivity contribution in [1.29, 1.82) is 5.26 Å². The normalized spacial score (nSPS) is 20.6. The van der Waals surface area contributed by atoms with Gasteiger partial charge in [0.15, 0.2) is 11.2 Å². The summed E-state index contributed by atoms with van der Waals surface area (Å²) >= 11 is 0. The third-order valence-electron chi connectivity index (χ3n) is 4.93. The van der Waals surface area contributed by atoms with Crippen LogP contribution in [0.5, 0.6) is 0 Å². The topological polar surface area (TPSA) is 82.7 Å².